The molecule has 0 unspecified atom stereocenters. The molecule has 6 nitrogen and oxygen atoms in total. The van der Waals surface area contributed by atoms with Gasteiger partial charge in [-0.1, -0.05) is 76.6 Å². The Hall–Kier alpha value is -3.97. The second-order valence-electron chi connectivity index (χ2n) is 7.76. The SMILES string of the molecule is O=C(Nc1cc(Br)ccc1C(=O)N[C@@H](Cc1ccccc1)C(=O)O)c1ccc2ccccc2c1. The van der Waals surface area contributed by atoms with Crippen LogP contribution >= 0.6 is 15.9 Å². The number of halogens is 1. The second-order valence-corrected chi connectivity index (χ2v) is 8.68. The molecule has 4 aromatic rings. The van der Waals surface area contributed by atoms with Crippen LogP contribution in [0.3, 0.4) is 0 Å². The number of aliphatic carboxylic acids is 1. The quantitative estimate of drug-likeness (QED) is 0.311. The topological polar surface area (TPSA) is 95.5 Å². The number of hydrogen-bond acceptors (Lipinski definition) is 3. The normalized spacial score (nSPS) is 11.6. The minimum absolute atomic E-state index is 0.136. The zero-order chi connectivity index (χ0) is 24.1. The summed E-state index contributed by atoms with van der Waals surface area (Å²) in [7, 11) is 0. The number of amides is 2. The Morgan fingerprint density at radius 3 is 2.24 bits per heavy atom. The number of hydrogen-bond donors (Lipinski definition) is 3. The molecule has 0 saturated heterocycles. The van der Waals surface area contributed by atoms with Gasteiger partial charge in [0.2, 0.25) is 0 Å². The lowest BCUT2D eigenvalue weighted by Crippen LogP contribution is -2.42. The molecule has 0 radical (unpaired) electrons. The van der Waals surface area contributed by atoms with Crippen LogP contribution in [-0.2, 0) is 11.2 Å². The van der Waals surface area contributed by atoms with E-state index in [1.807, 2.05) is 48.5 Å². The minimum atomic E-state index is -1.14. The lowest BCUT2D eigenvalue weighted by Gasteiger charge is -2.17. The first-order valence-electron chi connectivity index (χ1n) is 10.6. The summed E-state index contributed by atoms with van der Waals surface area (Å²) in [5.41, 5.74) is 1.67. The van der Waals surface area contributed by atoms with Gasteiger partial charge >= 0.3 is 5.97 Å². The van der Waals surface area contributed by atoms with Crippen LogP contribution < -0.4 is 10.6 Å². The molecule has 0 saturated carbocycles. The van der Waals surface area contributed by atoms with E-state index in [1.165, 1.54) is 6.07 Å². The fraction of sp³-hybridized carbons (Fsp3) is 0.0741. The van der Waals surface area contributed by atoms with E-state index in [1.54, 1.807) is 36.4 Å². The highest BCUT2D eigenvalue weighted by Crippen LogP contribution is 2.23. The van der Waals surface area contributed by atoms with E-state index >= 15 is 0 Å². The Kier molecular flexibility index (Phi) is 7.04. The molecular weight excluding hydrogens is 496 g/mol. The molecular formula is C27H21BrN2O4. The molecule has 0 aliphatic heterocycles. The summed E-state index contributed by atoms with van der Waals surface area (Å²) in [5, 5.41) is 16.9. The average molecular weight is 517 g/mol. The summed E-state index contributed by atoms with van der Waals surface area (Å²) >= 11 is 3.37. The molecule has 0 aromatic heterocycles. The van der Waals surface area contributed by atoms with Gasteiger partial charge in [0, 0.05) is 16.5 Å². The lowest BCUT2D eigenvalue weighted by molar-refractivity contribution is -0.139. The predicted octanol–water partition coefficient (Wildman–Crippen LogP) is 5.28. The molecule has 4 rings (SSSR count). The number of rotatable bonds is 7. The van der Waals surface area contributed by atoms with Crippen LogP contribution in [0.25, 0.3) is 10.8 Å². The van der Waals surface area contributed by atoms with Crippen LogP contribution in [0.4, 0.5) is 5.69 Å². The van der Waals surface area contributed by atoms with Gasteiger partial charge in [0.05, 0.1) is 11.3 Å². The van der Waals surface area contributed by atoms with Gasteiger partial charge in [-0.05, 0) is 46.7 Å². The van der Waals surface area contributed by atoms with Crippen LogP contribution in [-0.4, -0.2) is 28.9 Å². The summed E-state index contributed by atoms with van der Waals surface area (Å²) in [5.74, 6) is -2.11. The van der Waals surface area contributed by atoms with Crippen LogP contribution in [0, 0.1) is 0 Å². The van der Waals surface area contributed by atoms with Gasteiger partial charge in [-0.25, -0.2) is 4.79 Å². The van der Waals surface area contributed by atoms with Crippen molar-refractivity contribution in [3.63, 3.8) is 0 Å². The van der Waals surface area contributed by atoms with E-state index in [-0.39, 0.29) is 23.6 Å². The molecule has 2 amide bonds. The van der Waals surface area contributed by atoms with Crippen molar-refractivity contribution in [3.8, 4) is 0 Å². The van der Waals surface area contributed by atoms with Crippen LogP contribution in [0.2, 0.25) is 0 Å². The van der Waals surface area contributed by atoms with Crippen molar-refractivity contribution in [2.75, 3.05) is 5.32 Å². The summed E-state index contributed by atoms with van der Waals surface area (Å²) in [6.45, 7) is 0. The van der Waals surface area contributed by atoms with E-state index in [0.29, 0.717) is 10.0 Å². The Morgan fingerprint density at radius 1 is 0.794 bits per heavy atom. The molecule has 170 valence electrons. The third-order valence-electron chi connectivity index (χ3n) is 5.37. The van der Waals surface area contributed by atoms with Gasteiger partial charge in [-0.15, -0.1) is 0 Å². The zero-order valence-corrected chi connectivity index (χ0v) is 19.6. The van der Waals surface area contributed by atoms with E-state index in [9.17, 15) is 19.5 Å². The highest BCUT2D eigenvalue weighted by molar-refractivity contribution is 9.10. The number of carboxylic acid groups (broad SMARTS) is 1. The second kappa shape index (κ2) is 10.3. The number of benzene rings is 4. The number of anilines is 1. The summed E-state index contributed by atoms with van der Waals surface area (Å²) in [4.78, 5) is 37.8. The van der Waals surface area contributed by atoms with E-state index in [2.05, 4.69) is 26.6 Å². The van der Waals surface area contributed by atoms with Gasteiger partial charge < -0.3 is 15.7 Å². The number of carboxylic acids is 1. The predicted molar refractivity (Wildman–Crippen MR) is 135 cm³/mol. The fourth-order valence-electron chi connectivity index (χ4n) is 3.63. The van der Waals surface area contributed by atoms with Crippen LogP contribution in [0.1, 0.15) is 26.3 Å². The van der Waals surface area contributed by atoms with E-state index in [0.717, 1.165) is 16.3 Å². The number of carbonyl (C=O) groups excluding carboxylic acids is 2. The highest BCUT2D eigenvalue weighted by atomic mass is 79.9. The molecule has 4 aromatic carbocycles. The first-order chi connectivity index (χ1) is 16.4. The Balaban J connectivity index is 1.56. The Labute approximate surface area is 204 Å². The van der Waals surface area contributed by atoms with Crippen LogP contribution in [0.15, 0.2) is 95.5 Å². The van der Waals surface area contributed by atoms with Gasteiger partial charge in [0.25, 0.3) is 11.8 Å². The fourth-order valence-corrected chi connectivity index (χ4v) is 3.99. The standard InChI is InChI=1S/C27H21BrN2O4/c28-21-12-13-22(26(32)30-24(27(33)34)14-17-6-2-1-3-7-17)23(16-21)29-25(31)20-11-10-18-8-4-5-9-19(18)15-20/h1-13,15-16,24H,14H2,(H,29,31)(H,30,32)(H,33,34)/t24-/m0/s1. The summed E-state index contributed by atoms with van der Waals surface area (Å²) in [6, 6.07) is 25.8. The number of fused-ring (bicyclic) bond motifs is 1. The molecule has 0 fully saturated rings. The maximum absolute atomic E-state index is 13.0. The van der Waals surface area contributed by atoms with Crippen molar-refractivity contribution in [1.82, 2.24) is 5.32 Å². The maximum atomic E-state index is 13.0. The minimum Gasteiger partial charge on any atom is -0.480 e. The van der Waals surface area contributed by atoms with Crippen molar-refractivity contribution in [2.45, 2.75) is 12.5 Å². The van der Waals surface area contributed by atoms with Crippen molar-refractivity contribution < 1.29 is 19.5 Å². The van der Waals surface area contributed by atoms with Crippen molar-refractivity contribution in [2.24, 2.45) is 0 Å². The first kappa shape index (κ1) is 23.2. The number of nitrogens with one attached hydrogen (secondary N) is 2. The average Bonchev–Trinajstić information content (AvgIpc) is 2.84. The third kappa shape index (κ3) is 5.50. The van der Waals surface area contributed by atoms with Gasteiger partial charge in [0.15, 0.2) is 0 Å². The molecule has 3 N–H and O–H groups in total. The third-order valence-corrected chi connectivity index (χ3v) is 5.87. The molecule has 0 aliphatic carbocycles. The van der Waals surface area contributed by atoms with E-state index in [4.69, 9.17) is 0 Å². The largest absolute Gasteiger partial charge is 0.480 e. The summed E-state index contributed by atoms with van der Waals surface area (Å²) < 4.78 is 0.664. The monoisotopic (exact) mass is 516 g/mol. The molecule has 0 bridgehead atoms. The molecule has 0 heterocycles. The molecule has 0 spiro atoms. The Bertz CT molecular complexity index is 1370. The smallest absolute Gasteiger partial charge is 0.326 e. The highest BCUT2D eigenvalue weighted by Gasteiger charge is 2.23. The molecule has 1 atom stereocenters. The van der Waals surface area contributed by atoms with Crippen molar-refractivity contribution in [3.05, 3.63) is 112 Å². The lowest BCUT2D eigenvalue weighted by atomic mass is 10.0. The number of carbonyl (C=O) groups is 3. The van der Waals surface area contributed by atoms with E-state index < -0.39 is 17.9 Å². The molecule has 34 heavy (non-hydrogen) atoms. The summed E-state index contributed by atoms with van der Waals surface area (Å²) in [6.07, 6.45) is 0.136. The maximum Gasteiger partial charge on any atom is 0.326 e. The molecule has 7 heteroatoms. The van der Waals surface area contributed by atoms with Crippen molar-refractivity contribution >= 4 is 50.2 Å². The zero-order valence-electron chi connectivity index (χ0n) is 18.0. The van der Waals surface area contributed by atoms with Crippen molar-refractivity contribution in [1.29, 1.82) is 0 Å². The van der Waals surface area contributed by atoms with Gasteiger partial charge in [-0.2, -0.15) is 0 Å². The molecule has 0 aliphatic rings. The van der Waals surface area contributed by atoms with Gasteiger partial charge in [0.1, 0.15) is 6.04 Å². The Morgan fingerprint density at radius 2 is 1.50 bits per heavy atom. The van der Waals surface area contributed by atoms with Crippen LogP contribution in [0.5, 0.6) is 0 Å². The van der Waals surface area contributed by atoms with Gasteiger partial charge in [-0.3, -0.25) is 9.59 Å². The first-order valence-corrected chi connectivity index (χ1v) is 11.4.